The molecule has 3 atom stereocenters. The van der Waals surface area contributed by atoms with Gasteiger partial charge in [0.05, 0.1) is 12.3 Å². The van der Waals surface area contributed by atoms with Gasteiger partial charge < -0.3 is 9.64 Å². The molecule has 2 aliphatic heterocycles. The molecule has 1 aromatic carbocycles. The van der Waals surface area contributed by atoms with Crippen molar-refractivity contribution in [2.24, 2.45) is 17.8 Å². The van der Waals surface area contributed by atoms with E-state index in [0.29, 0.717) is 0 Å². The van der Waals surface area contributed by atoms with Gasteiger partial charge in [0.25, 0.3) is 0 Å². The number of hydrogen-bond donors (Lipinski definition) is 0. The molecule has 156 valence electrons. The lowest BCUT2D eigenvalue weighted by Crippen LogP contribution is -2.31. The molecule has 1 aliphatic carbocycles. The summed E-state index contributed by atoms with van der Waals surface area (Å²) < 4.78 is 7.83. The van der Waals surface area contributed by atoms with Crippen molar-refractivity contribution >= 4 is 0 Å². The summed E-state index contributed by atoms with van der Waals surface area (Å²) in [4.78, 5) is 9.22. The van der Waals surface area contributed by atoms with Crippen molar-refractivity contribution in [3.05, 3.63) is 42.5 Å². The lowest BCUT2D eigenvalue weighted by atomic mass is 10.1. The van der Waals surface area contributed by atoms with Crippen LogP contribution in [0, 0.1) is 17.8 Å². The van der Waals surface area contributed by atoms with Gasteiger partial charge in [-0.3, -0.25) is 4.90 Å². The predicted molar refractivity (Wildman–Crippen MR) is 113 cm³/mol. The van der Waals surface area contributed by atoms with Crippen LogP contribution < -0.4 is 0 Å². The quantitative estimate of drug-likeness (QED) is 0.611. The Kier molecular flexibility index (Phi) is 5.92. The van der Waals surface area contributed by atoms with Crippen molar-refractivity contribution in [2.75, 3.05) is 45.9 Å². The Morgan fingerprint density at radius 2 is 1.76 bits per heavy atom. The van der Waals surface area contributed by atoms with Crippen LogP contribution in [0.25, 0.3) is 5.69 Å². The molecule has 1 saturated carbocycles. The van der Waals surface area contributed by atoms with Crippen LogP contribution in [-0.2, 0) is 11.3 Å². The van der Waals surface area contributed by atoms with Crippen LogP contribution in [0.15, 0.2) is 36.9 Å². The van der Waals surface area contributed by atoms with E-state index < -0.39 is 0 Å². The summed E-state index contributed by atoms with van der Waals surface area (Å²) in [5, 5.41) is 4.18. The average Bonchev–Trinajstić information content (AvgIpc) is 3.15. The number of piperidine rings is 2. The van der Waals surface area contributed by atoms with Crippen molar-refractivity contribution in [2.45, 2.75) is 32.2 Å². The van der Waals surface area contributed by atoms with E-state index in [1.54, 1.807) is 17.3 Å². The summed E-state index contributed by atoms with van der Waals surface area (Å²) in [5.41, 5.74) is 2.44. The number of rotatable bonds is 9. The molecule has 0 spiro atoms. The molecular formula is C23H33N5O. The van der Waals surface area contributed by atoms with Gasteiger partial charge in [0.15, 0.2) is 0 Å². The Hall–Kier alpha value is -1.76. The smallest absolute Gasteiger partial charge is 0.138 e. The van der Waals surface area contributed by atoms with E-state index in [1.807, 2.05) is 0 Å². The molecule has 3 aliphatic rings. The molecule has 0 amide bonds. The normalized spacial score (nSPS) is 27.2. The Bertz CT molecular complexity index is 744. The average molecular weight is 396 g/mol. The molecule has 0 N–H and O–H groups in total. The van der Waals surface area contributed by atoms with Crippen LogP contribution in [0.3, 0.4) is 0 Å². The van der Waals surface area contributed by atoms with Crippen molar-refractivity contribution in [3.8, 4) is 5.69 Å². The third-order valence-electron chi connectivity index (χ3n) is 6.99. The SMILES string of the molecule is c1ncn(-c2ccc(CN3C[C@@H]4[C@@H](COCCCN5CCCCC5)[C@@H]4C3)cc2)n1. The van der Waals surface area contributed by atoms with Crippen LogP contribution in [-0.4, -0.2) is 70.5 Å². The monoisotopic (exact) mass is 395 g/mol. The molecule has 3 fully saturated rings. The molecule has 6 nitrogen and oxygen atoms in total. The highest BCUT2D eigenvalue weighted by atomic mass is 16.5. The summed E-state index contributed by atoms with van der Waals surface area (Å²) >= 11 is 0. The molecule has 29 heavy (non-hydrogen) atoms. The highest BCUT2D eigenvalue weighted by Crippen LogP contribution is 2.52. The fourth-order valence-electron chi connectivity index (χ4n) is 5.26. The van der Waals surface area contributed by atoms with E-state index >= 15 is 0 Å². The van der Waals surface area contributed by atoms with Crippen LogP contribution >= 0.6 is 0 Å². The molecule has 6 heteroatoms. The summed E-state index contributed by atoms with van der Waals surface area (Å²) in [7, 11) is 0. The first-order valence-corrected chi connectivity index (χ1v) is 11.3. The number of fused-ring (bicyclic) bond motifs is 1. The third kappa shape index (κ3) is 4.71. The van der Waals surface area contributed by atoms with Gasteiger partial charge in [-0.25, -0.2) is 9.67 Å². The summed E-state index contributed by atoms with van der Waals surface area (Å²) in [6.07, 6.45) is 8.68. The molecule has 2 aromatic rings. The fourth-order valence-corrected chi connectivity index (χ4v) is 5.26. The second kappa shape index (κ2) is 8.94. The van der Waals surface area contributed by atoms with Gasteiger partial charge >= 0.3 is 0 Å². The first-order chi connectivity index (χ1) is 14.4. The summed E-state index contributed by atoms with van der Waals surface area (Å²) in [6.45, 7) is 9.26. The maximum atomic E-state index is 6.03. The zero-order valence-electron chi connectivity index (χ0n) is 17.3. The van der Waals surface area contributed by atoms with E-state index in [9.17, 15) is 0 Å². The molecule has 0 bridgehead atoms. The molecule has 0 radical (unpaired) electrons. The number of benzene rings is 1. The van der Waals surface area contributed by atoms with Crippen molar-refractivity contribution in [1.29, 1.82) is 0 Å². The second-order valence-electron chi connectivity index (χ2n) is 9.02. The van der Waals surface area contributed by atoms with Gasteiger partial charge in [-0.1, -0.05) is 18.6 Å². The fraction of sp³-hybridized carbons (Fsp3) is 0.652. The zero-order valence-corrected chi connectivity index (χ0v) is 17.3. The van der Waals surface area contributed by atoms with Crippen LogP contribution in [0.4, 0.5) is 0 Å². The number of ether oxygens (including phenoxy) is 1. The number of likely N-dealkylation sites (tertiary alicyclic amines) is 2. The van der Waals surface area contributed by atoms with Crippen LogP contribution in [0.1, 0.15) is 31.2 Å². The van der Waals surface area contributed by atoms with E-state index in [0.717, 1.165) is 43.2 Å². The van der Waals surface area contributed by atoms with Crippen molar-refractivity contribution < 1.29 is 4.74 Å². The minimum absolute atomic E-state index is 0.816. The van der Waals surface area contributed by atoms with Gasteiger partial charge in [0, 0.05) is 32.8 Å². The second-order valence-corrected chi connectivity index (χ2v) is 9.02. The highest BCUT2D eigenvalue weighted by Gasteiger charge is 2.55. The summed E-state index contributed by atoms with van der Waals surface area (Å²) in [5.74, 6) is 2.55. The van der Waals surface area contributed by atoms with Gasteiger partial charge in [0.2, 0.25) is 0 Å². The lowest BCUT2D eigenvalue weighted by molar-refractivity contribution is 0.0967. The first-order valence-electron chi connectivity index (χ1n) is 11.3. The minimum Gasteiger partial charge on any atom is -0.381 e. The highest BCUT2D eigenvalue weighted by molar-refractivity contribution is 5.33. The third-order valence-corrected chi connectivity index (χ3v) is 6.99. The lowest BCUT2D eigenvalue weighted by Gasteiger charge is -2.26. The zero-order chi connectivity index (χ0) is 19.5. The molecule has 0 unspecified atom stereocenters. The number of hydrogen-bond acceptors (Lipinski definition) is 5. The number of aromatic nitrogens is 3. The van der Waals surface area contributed by atoms with Crippen LogP contribution in [0.5, 0.6) is 0 Å². The predicted octanol–water partition coefficient (Wildman–Crippen LogP) is 2.84. The van der Waals surface area contributed by atoms with Gasteiger partial charge in [-0.05, 0) is 67.8 Å². The molecule has 5 rings (SSSR count). The molecular weight excluding hydrogens is 362 g/mol. The maximum Gasteiger partial charge on any atom is 0.138 e. The van der Waals surface area contributed by atoms with Gasteiger partial charge in [-0.2, -0.15) is 5.10 Å². The molecule has 2 saturated heterocycles. The van der Waals surface area contributed by atoms with Crippen molar-refractivity contribution in [3.63, 3.8) is 0 Å². The Morgan fingerprint density at radius 1 is 0.966 bits per heavy atom. The Labute approximate surface area is 173 Å². The van der Waals surface area contributed by atoms with E-state index in [2.05, 4.69) is 44.1 Å². The Balaban J connectivity index is 0.976. The Morgan fingerprint density at radius 3 is 2.48 bits per heavy atom. The van der Waals surface area contributed by atoms with Gasteiger partial charge in [0.1, 0.15) is 12.7 Å². The largest absolute Gasteiger partial charge is 0.381 e. The standard InChI is InChI=1S/C23H33N5O/c1-2-9-26(10-3-1)11-4-12-29-16-23-21-14-27(15-22(21)23)13-19-5-7-20(8-6-19)28-18-24-17-25-28/h5-8,17-18,21-23H,1-4,9-16H2/t21-,22+,23+. The minimum atomic E-state index is 0.816. The van der Waals surface area contributed by atoms with E-state index in [4.69, 9.17) is 4.74 Å². The topological polar surface area (TPSA) is 46.4 Å². The van der Waals surface area contributed by atoms with Crippen molar-refractivity contribution in [1.82, 2.24) is 24.6 Å². The molecule has 1 aromatic heterocycles. The first kappa shape index (κ1) is 19.2. The van der Waals surface area contributed by atoms with E-state index in [-0.39, 0.29) is 0 Å². The molecule has 3 heterocycles. The van der Waals surface area contributed by atoms with Crippen LogP contribution in [0.2, 0.25) is 0 Å². The number of nitrogens with zero attached hydrogens (tertiary/aromatic N) is 5. The van der Waals surface area contributed by atoms with E-state index in [1.165, 1.54) is 64.0 Å². The maximum absolute atomic E-state index is 6.03. The van der Waals surface area contributed by atoms with Gasteiger partial charge in [-0.15, -0.1) is 0 Å². The summed E-state index contributed by atoms with van der Waals surface area (Å²) in [6, 6.07) is 8.68.